The fourth-order valence-electron chi connectivity index (χ4n) is 2.36. The van der Waals surface area contributed by atoms with E-state index in [-0.39, 0.29) is 11.4 Å². The molecule has 1 N–H and O–H groups in total. The summed E-state index contributed by atoms with van der Waals surface area (Å²) in [4.78, 5) is 8.71. The minimum absolute atomic E-state index is 0.190. The molecule has 0 aliphatic rings. The van der Waals surface area contributed by atoms with E-state index >= 15 is 0 Å². The van der Waals surface area contributed by atoms with Gasteiger partial charge in [-0.3, -0.25) is 9.97 Å². The molecule has 3 rings (SSSR count). The monoisotopic (exact) mass is 353 g/mol. The smallest absolute Gasteiger partial charge is 0.240 e. The third-order valence-corrected chi connectivity index (χ3v) is 5.44. The van der Waals surface area contributed by atoms with Gasteiger partial charge < -0.3 is 0 Å². The van der Waals surface area contributed by atoms with Gasteiger partial charge in [0.05, 0.1) is 10.6 Å². The number of benzene rings is 1. The summed E-state index contributed by atoms with van der Waals surface area (Å²) in [7, 11) is -3.55. The van der Waals surface area contributed by atoms with Gasteiger partial charge >= 0.3 is 0 Å². The molecule has 0 unspecified atom stereocenters. The van der Waals surface area contributed by atoms with Crippen molar-refractivity contribution in [3.8, 4) is 11.3 Å². The molecular formula is C19H19N3O2S. The van der Waals surface area contributed by atoms with Crippen molar-refractivity contribution in [2.75, 3.05) is 0 Å². The molecule has 1 aromatic carbocycles. The summed E-state index contributed by atoms with van der Waals surface area (Å²) >= 11 is 0. The summed E-state index contributed by atoms with van der Waals surface area (Å²) in [6.45, 7) is 4.04. The first-order valence-electron chi connectivity index (χ1n) is 7.88. The van der Waals surface area contributed by atoms with Crippen LogP contribution in [0.25, 0.3) is 11.3 Å². The Hall–Kier alpha value is -2.57. The van der Waals surface area contributed by atoms with Gasteiger partial charge in [0.1, 0.15) is 0 Å². The van der Waals surface area contributed by atoms with Crippen LogP contribution in [0.1, 0.15) is 16.7 Å². The van der Waals surface area contributed by atoms with Gasteiger partial charge in [0.15, 0.2) is 0 Å². The van der Waals surface area contributed by atoms with Crippen molar-refractivity contribution in [1.29, 1.82) is 0 Å². The Balaban J connectivity index is 1.71. The molecule has 2 heterocycles. The predicted molar refractivity (Wildman–Crippen MR) is 97.4 cm³/mol. The predicted octanol–water partition coefficient (Wildman–Crippen LogP) is 3.24. The van der Waals surface area contributed by atoms with E-state index in [9.17, 15) is 8.42 Å². The molecule has 0 bridgehead atoms. The van der Waals surface area contributed by atoms with Gasteiger partial charge in [-0.25, -0.2) is 13.1 Å². The quantitative estimate of drug-likeness (QED) is 0.764. The number of rotatable bonds is 5. The van der Waals surface area contributed by atoms with E-state index in [4.69, 9.17) is 0 Å². The minimum Gasteiger partial charge on any atom is -0.264 e. The van der Waals surface area contributed by atoms with Gasteiger partial charge in [0.25, 0.3) is 0 Å². The standard InChI is InChI=1S/C19H19N3O2S/c1-14-5-7-18(10-15(14)2)25(23,24)22-12-16-6-8-19(21-11-16)17-4-3-9-20-13-17/h3-11,13,22H,12H2,1-2H3. The minimum atomic E-state index is -3.55. The molecule has 25 heavy (non-hydrogen) atoms. The Morgan fingerprint density at radius 3 is 2.48 bits per heavy atom. The zero-order valence-corrected chi connectivity index (χ0v) is 14.9. The average molecular weight is 353 g/mol. The highest BCUT2D eigenvalue weighted by Gasteiger charge is 2.14. The summed E-state index contributed by atoms with van der Waals surface area (Å²) in [5.41, 5.74) is 4.53. The lowest BCUT2D eigenvalue weighted by Gasteiger charge is -2.09. The second-order valence-electron chi connectivity index (χ2n) is 5.86. The Morgan fingerprint density at radius 1 is 1.00 bits per heavy atom. The van der Waals surface area contributed by atoms with Crippen LogP contribution in [0.3, 0.4) is 0 Å². The van der Waals surface area contributed by atoms with Crippen LogP contribution in [0, 0.1) is 13.8 Å². The lowest BCUT2D eigenvalue weighted by atomic mass is 10.1. The number of hydrogen-bond acceptors (Lipinski definition) is 4. The van der Waals surface area contributed by atoms with Crippen LogP contribution in [-0.2, 0) is 16.6 Å². The maximum atomic E-state index is 12.4. The van der Waals surface area contributed by atoms with Crippen molar-refractivity contribution >= 4 is 10.0 Å². The van der Waals surface area contributed by atoms with Crippen LogP contribution in [0.4, 0.5) is 0 Å². The molecule has 0 aliphatic heterocycles. The van der Waals surface area contributed by atoms with E-state index in [2.05, 4.69) is 14.7 Å². The number of aromatic nitrogens is 2. The van der Waals surface area contributed by atoms with Crippen molar-refractivity contribution in [3.05, 3.63) is 77.7 Å². The third-order valence-electron chi connectivity index (χ3n) is 4.04. The highest BCUT2D eigenvalue weighted by Crippen LogP contribution is 2.17. The van der Waals surface area contributed by atoms with Gasteiger partial charge in [-0.05, 0) is 60.9 Å². The average Bonchev–Trinajstić information content (AvgIpc) is 2.63. The van der Waals surface area contributed by atoms with Crippen molar-refractivity contribution in [2.45, 2.75) is 25.3 Å². The summed E-state index contributed by atoms with van der Waals surface area (Å²) in [6, 6.07) is 12.6. The van der Waals surface area contributed by atoms with Crippen molar-refractivity contribution in [3.63, 3.8) is 0 Å². The molecule has 3 aromatic rings. The lowest BCUT2D eigenvalue weighted by molar-refractivity contribution is 0.581. The zero-order valence-electron chi connectivity index (χ0n) is 14.1. The first kappa shape index (κ1) is 17.3. The Kier molecular flexibility index (Phi) is 4.92. The number of pyridine rings is 2. The first-order valence-corrected chi connectivity index (χ1v) is 9.36. The second-order valence-corrected chi connectivity index (χ2v) is 7.63. The van der Waals surface area contributed by atoms with Gasteiger partial charge in [-0.15, -0.1) is 0 Å². The fourth-order valence-corrected chi connectivity index (χ4v) is 3.46. The molecule has 0 saturated carbocycles. The highest BCUT2D eigenvalue weighted by molar-refractivity contribution is 7.89. The number of sulfonamides is 1. The van der Waals surface area contributed by atoms with Crippen molar-refractivity contribution < 1.29 is 8.42 Å². The van der Waals surface area contributed by atoms with Crippen LogP contribution in [0.15, 0.2) is 66.0 Å². The molecule has 5 nitrogen and oxygen atoms in total. The zero-order chi connectivity index (χ0) is 17.9. The van der Waals surface area contributed by atoms with E-state index in [1.165, 1.54) is 0 Å². The summed E-state index contributed by atoms with van der Waals surface area (Å²) < 4.78 is 27.5. The number of aryl methyl sites for hydroxylation is 2. The van der Waals surface area contributed by atoms with Crippen LogP contribution in [0.2, 0.25) is 0 Å². The van der Waals surface area contributed by atoms with Crippen LogP contribution >= 0.6 is 0 Å². The molecule has 0 fully saturated rings. The van der Waals surface area contributed by atoms with Crippen LogP contribution in [0.5, 0.6) is 0 Å². The number of nitrogens with one attached hydrogen (secondary N) is 1. The molecule has 0 aliphatic carbocycles. The lowest BCUT2D eigenvalue weighted by Crippen LogP contribution is -2.23. The molecule has 0 spiro atoms. The molecule has 2 aromatic heterocycles. The Morgan fingerprint density at radius 2 is 1.84 bits per heavy atom. The molecule has 6 heteroatoms. The van der Waals surface area contributed by atoms with Gasteiger partial charge in [-0.2, -0.15) is 0 Å². The van der Waals surface area contributed by atoms with E-state index in [0.717, 1.165) is 27.9 Å². The molecule has 0 amide bonds. The maximum absolute atomic E-state index is 12.4. The van der Waals surface area contributed by atoms with Crippen LogP contribution in [-0.4, -0.2) is 18.4 Å². The Bertz CT molecular complexity index is 969. The maximum Gasteiger partial charge on any atom is 0.240 e. The molecule has 0 atom stereocenters. The van der Waals surface area contributed by atoms with Gasteiger partial charge in [-0.1, -0.05) is 12.1 Å². The molecular weight excluding hydrogens is 334 g/mol. The second kappa shape index (κ2) is 7.13. The number of hydrogen-bond donors (Lipinski definition) is 1. The normalized spacial score (nSPS) is 11.4. The fraction of sp³-hybridized carbons (Fsp3) is 0.158. The Labute approximate surface area is 147 Å². The van der Waals surface area contributed by atoms with Crippen molar-refractivity contribution in [2.24, 2.45) is 0 Å². The van der Waals surface area contributed by atoms with Gasteiger partial charge in [0, 0.05) is 30.7 Å². The number of nitrogens with zero attached hydrogens (tertiary/aromatic N) is 2. The van der Waals surface area contributed by atoms with E-state index < -0.39 is 10.0 Å². The SMILES string of the molecule is Cc1ccc(S(=O)(=O)NCc2ccc(-c3cccnc3)nc2)cc1C. The van der Waals surface area contributed by atoms with Crippen molar-refractivity contribution in [1.82, 2.24) is 14.7 Å². The highest BCUT2D eigenvalue weighted by atomic mass is 32.2. The van der Waals surface area contributed by atoms with E-state index in [1.807, 2.05) is 44.2 Å². The third kappa shape index (κ3) is 4.10. The van der Waals surface area contributed by atoms with Crippen LogP contribution < -0.4 is 4.72 Å². The summed E-state index contributed by atoms with van der Waals surface area (Å²) in [5.74, 6) is 0. The summed E-state index contributed by atoms with van der Waals surface area (Å²) in [6.07, 6.45) is 5.12. The largest absolute Gasteiger partial charge is 0.264 e. The van der Waals surface area contributed by atoms with E-state index in [1.54, 1.807) is 30.7 Å². The molecule has 0 saturated heterocycles. The van der Waals surface area contributed by atoms with Gasteiger partial charge in [0.2, 0.25) is 10.0 Å². The summed E-state index contributed by atoms with van der Waals surface area (Å²) in [5, 5.41) is 0. The topological polar surface area (TPSA) is 72.0 Å². The first-order chi connectivity index (χ1) is 12.0. The molecule has 0 radical (unpaired) electrons. The van der Waals surface area contributed by atoms with E-state index in [0.29, 0.717) is 0 Å². The molecule has 128 valence electrons.